The Kier molecular flexibility index (Phi) is 11.4. The summed E-state index contributed by atoms with van der Waals surface area (Å²) in [5, 5.41) is 7.13. The summed E-state index contributed by atoms with van der Waals surface area (Å²) in [5.41, 5.74) is 3.64. The monoisotopic (exact) mass is 496 g/mol. The molecule has 6 heteroatoms. The zero-order valence-corrected chi connectivity index (χ0v) is 21.9. The number of piperazine rings is 1. The SMILES string of the molecule is C=C/C=C(\C=C(/C)N1CCN(C2=CC=CCN2)CC1)[C@H](C)NC(=C)/C=C/C(C=C)=C(Cl)/C=C(\C)F. The molecule has 2 aliphatic rings. The van der Waals surface area contributed by atoms with Crippen molar-refractivity contribution in [3.05, 3.63) is 120 Å². The van der Waals surface area contributed by atoms with Crippen LogP contribution in [0.15, 0.2) is 120 Å². The molecule has 4 nitrogen and oxygen atoms in total. The zero-order chi connectivity index (χ0) is 25.8. The summed E-state index contributed by atoms with van der Waals surface area (Å²) >= 11 is 6.15. The first-order valence-corrected chi connectivity index (χ1v) is 12.2. The van der Waals surface area contributed by atoms with Crippen LogP contribution in [0.3, 0.4) is 0 Å². The van der Waals surface area contributed by atoms with Crippen molar-refractivity contribution < 1.29 is 4.39 Å². The normalized spacial score (nSPS) is 19.1. The molecule has 0 unspecified atom stereocenters. The van der Waals surface area contributed by atoms with Crippen molar-refractivity contribution in [1.29, 1.82) is 0 Å². The number of dihydropyridines is 1. The summed E-state index contributed by atoms with van der Waals surface area (Å²) in [4.78, 5) is 4.81. The second-order valence-corrected chi connectivity index (χ2v) is 8.89. The first-order chi connectivity index (χ1) is 16.7. The molecular weight excluding hydrogens is 459 g/mol. The molecule has 1 saturated heterocycles. The van der Waals surface area contributed by atoms with E-state index in [-0.39, 0.29) is 16.9 Å². The first-order valence-electron chi connectivity index (χ1n) is 11.9. The molecule has 0 radical (unpaired) electrons. The van der Waals surface area contributed by atoms with Gasteiger partial charge < -0.3 is 20.4 Å². The van der Waals surface area contributed by atoms with Gasteiger partial charge in [-0.15, -0.1) is 0 Å². The van der Waals surface area contributed by atoms with Gasteiger partial charge in [0.15, 0.2) is 0 Å². The Morgan fingerprint density at radius 2 is 1.89 bits per heavy atom. The molecule has 0 aromatic carbocycles. The number of rotatable bonds is 11. The van der Waals surface area contributed by atoms with Crippen LogP contribution in [0.4, 0.5) is 4.39 Å². The van der Waals surface area contributed by atoms with E-state index in [0.717, 1.165) is 38.3 Å². The Bertz CT molecular complexity index is 998. The van der Waals surface area contributed by atoms with Gasteiger partial charge in [-0.05, 0) is 56.2 Å². The van der Waals surface area contributed by atoms with Gasteiger partial charge in [0.05, 0.1) is 10.9 Å². The largest absolute Gasteiger partial charge is 0.379 e. The first kappa shape index (κ1) is 28.1. The van der Waals surface area contributed by atoms with Crippen molar-refractivity contribution >= 4 is 11.6 Å². The van der Waals surface area contributed by atoms with Gasteiger partial charge in [-0.25, -0.2) is 4.39 Å². The summed E-state index contributed by atoms with van der Waals surface area (Å²) in [7, 11) is 0. The standard InChI is InChI=1S/C29H38ClFN4/c1-7-11-27(25(6)33-23(4)13-14-26(8-2)28(30)20-22(3)31)21-24(5)34-16-18-35(19-17-34)29-12-9-10-15-32-29/h7-14,20-21,25,32-33H,1-2,4,15-19H2,3,5-6H3/b14-13+,22-20+,24-21+,27-11+,28-26-/t25-/m0/s1. The predicted molar refractivity (Wildman–Crippen MR) is 149 cm³/mol. The molecule has 35 heavy (non-hydrogen) atoms. The fraction of sp³-hybridized carbons (Fsp3) is 0.310. The maximum atomic E-state index is 13.1. The van der Waals surface area contributed by atoms with Crippen LogP contribution < -0.4 is 10.6 Å². The molecule has 0 saturated carbocycles. The smallest absolute Gasteiger partial charge is 0.102 e. The third kappa shape index (κ3) is 9.18. The van der Waals surface area contributed by atoms with Crippen LogP contribution >= 0.6 is 11.6 Å². The minimum atomic E-state index is -0.365. The number of hydrogen-bond acceptors (Lipinski definition) is 4. The molecule has 1 fully saturated rings. The van der Waals surface area contributed by atoms with Gasteiger partial charge in [0, 0.05) is 50.2 Å². The summed E-state index contributed by atoms with van der Waals surface area (Å²) in [5.74, 6) is 0.841. The van der Waals surface area contributed by atoms with E-state index in [2.05, 4.69) is 78.3 Å². The van der Waals surface area contributed by atoms with Crippen LogP contribution in [0.1, 0.15) is 20.8 Å². The molecule has 2 rings (SSSR count). The van der Waals surface area contributed by atoms with E-state index >= 15 is 0 Å². The number of nitrogens with one attached hydrogen (secondary N) is 2. The molecule has 0 aliphatic carbocycles. The molecule has 0 aromatic rings. The zero-order valence-electron chi connectivity index (χ0n) is 21.2. The van der Waals surface area contributed by atoms with Gasteiger partial charge in [-0.1, -0.05) is 67.8 Å². The third-order valence-electron chi connectivity index (χ3n) is 5.78. The lowest BCUT2D eigenvalue weighted by molar-refractivity contribution is 0.184. The maximum absolute atomic E-state index is 13.1. The quantitative estimate of drug-likeness (QED) is 0.332. The van der Waals surface area contributed by atoms with Crippen LogP contribution in [-0.2, 0) is 0 Å². The van der Waals surface area contributed by atoms with Gasteiger partial charge in [0.2, 0.25) is 0 Å². The van der Waals surface area contributed by atoms with Crippen LogP contribution in [0.2, 0.25) is 0 Å². The van der Waals surface area contributed by atoms with E-state index in [1.807, 2.05) is 12.2 Å². The average molecular weight is 497 g/mol. The highest BCUT2D eigenvalue weighted by atomic mass is 35.5. The van der Waals surface area contributed by atoms with E-state index in [4.69, 9.17) is 11.6 Å². The highest BCUT2D eigenvalue weighted by Crippen LogP contribution is 2.18. The Labute approximate surface area is 215 Å². The number of nitrogens with zero attached hydrogens (tertiary/aromatic N) is 2. The Hall–Kier alpha value is -3.18. The Morgan fingerprint density at radius 3 is 2.46 bits per heavy atom. The second-order valence-electron chi connectivity index (χ2n) is 8.49. The van der Waals surface area contributed by atoms with Crippen LogP contribution in [0.25, 0.3) is 0 Å². The summed E-state index contributed by atoms with van der Waals surface area (Å²) in [6.07, 6.45) is 18.8. The van der Waals surface area contributed by atoms with E-state index < -0.39 is 0 Å². The van der Waals surface area contributed by atoms with Gasteiger partial charge in [0.25, 0.3) is 0 Å². The van der Waals surface area contributed by atoms with E-state index in [1.165, 1.54) is 24.5 Å². The third-order valence-corrected chi connectivity index (χ3v) is 6.11. The molecular formula is C29H38ClFN4. The van der Waals surface area contributed by atoms with Gasteiger partial charge in [-0.2, -0.15) is 0 Å². The number of halogens is 2. The fourth-order valence-corrected chi connectivity index (χ4v) is 4.15. The van der Waals surface area contributed by atoms with Crippen LogP contribution in [0.5, 0.6) is 0 Å². The summed E-state index contributed by atoms with van der Waals surface area (Å²) < 4.78 is 13.1. The molecule has 0 amide bonds. The van der Waals surface area contributed by atoms with Gasteiger partial charge in [0.1, 0.15) is 5.82 Å². The van der Waals surface area contributed by atoms with Crippen molar-refractivity contribution in [1.82, 2.24) is 20.4 Å². The highest BCUT2D eigenvalue weighted by Gasteiger charge is 2.19. The molecule has 2 aliphatic heterocycles. The lowest BCUT2D eigenvalue weighted by Gasteiger charge is -2.39. The molecule has 2 N–H and O–H groups in total. The lowest BCUT2D eigenvalue weighted by Crippen LogP contribution is -2.47. The lowest BCUT2D eigenvalue weighted by atomic mass is 10.1. The van der Waals surface area contributed by atoms with Crippen molar-refractivity contribution in [2.75, 3.05) is 32.7 Å². The van der Waals surface area contributed by atoms with Gasteiger partial charge >= 0.3 is 0 Å². The van der Waals surface area contributed by atoms with Crippen LogP contribution in [0, 0.1) is 0 Å². The minimum absolute atomic E-state index is 0.00406. The second kappa shape index (κ2) is 14.3. The average Bonchev–Trinajstić information content (AvgIpc) is 2.84. The van der Waals surface area contributed by atoms with E-state index in [9.17, 15) is 4.39 Å². The molecule has 2 heterocycles. The predicted octanol–water partition coefficient (Wildman–Crippen LogP) is 6.22. The fourth-order valence-electron chi connectivity index (χ4n) is 3.86. The minimum Gasteiger partial charge on any atom is -0.379 e. The molecule has 0 spiro atoms. The number of hydrogen-bond donors (Lipinski definition) is 2. The van der Waals surface area contributed by atoms with Crippen molar-refractivity contribution in [3.63, 3.8) is 0 Å². The highest BCUT2D eigenvalue weighted by molar-refractivity contribution is 6.32. The van der Waals surface area contributed by atoms with Crippen molar-refractivity contribution in [3.8, 4) is 0 Å². The van der Waals surface area contributed by atoms with E-state index in [0.29, 0.717) is 11.3 Å². The van der Waals surface area contributed by atoms with Crippen molar-refractivity contribution in [2.45, 2.75) is 26.8 Å². The topological polar surface area (TPSA) is 30.5 Å². The molecule has 188 valence electrons. The van der Waals surface area contributed by atoms with Gasteiger partial charge in [-0.3, -0.25) is 0 Å². The Morgan fingerprint density at radius 1 is 1.17 bits per heavy atom. The molecule has 0 bridgehead atoms. The molecule has 1 atom stereocenters. The summed E-state index contributed by atoms with van der Waals surface area (Å²) in [6.45, 7) is 22.1. The number of allylic oxidation sites excluding steroid dienone is 12. The maximum Gasteiger partial charge on any atom is 0.102 e. The molecule has 0 aromatic heterocycles. The Balaban J connectivity index is 2.01. The van der Waals surface area contributed by atoms with Crippen molar-refractivity contribution in [2.24, 2.45) is 0 Å². The van der Waals surface area contributed by atoms with Crippen LogP contribution in [-0.4, -0.2) is 48.6 Å². The summed E-state index contributed by atoms with van der Waals surface area (Å²) in [6, 6.07) is 0.00406. The van der Waals surface area contributed by atoms with E-state index in [1.54, 1.807) is 18.2 Å².